The molecule has 1 aliphatic rings. The maximum atomic E-state index is 9.24. The van der Waals surface area contributed by atoms with Gasteiger partial charge in [-0.2, -0.15) is 0 Å². The molecule has 19 heavy (non-hydrogen) atoms. The van der Waals surface area contributed by atoms with E-state index in [1.165, 1.54) is 37.7 Å². The average molecular weight is 375 g/mol. The van der Waals surface area contributed by atoms with Gasteiger partial charge in [0.05, 0.1) is 0 Å². The van der Waals surface area contributed by atoms with E-state index >= 15 is 0 Å². The van der Waals surface area contributed by atoms with Crippen LogP contribution in [0.25, 0.3) is 0 Å². The number of phenolic OH excluding ortho intramolecular Hbond substituents is 1. The van der Waals surface area contributed by atoms with Crippen molar-refractivity contribution in [3.8, 4) is 5.75 Å². The van der Waals surface area contributed by atoms with Gasteiger partial charge in [0.1, 0.15) is 0 Å². The molecule has 4 heteroatoms. The van der Waals surface area contributed by atoms with Crippen LogP contribution in [0.3, 0.4) is 0 Å². The second-order valence-electron chi connectivity index (χ2n) is 5.31. The number of alkyl halides is 1. The normalized spacial score (nSPS) is 18.6. The molecule has 4 N–H and O–H groups in total. The van der Waals surface area contributed by atoms with Gasteiger partial charge in [0, 0.05) is 0 Å². The predicted molar refractivity (Wildman–Crippen MR) is 74.7 cm³/mol. The molecule has 3 nitrogen and oxygen atoms in total. The van der Waals surface area contributed by atoms with Crippen molar-refractivity contribution < 1.29 is 26.6 Å². The Kier molecular flexibility index (Phi) is 6.40. The number of phenols is 1. The first-order chi connectivity index (χ1) is 9.24. The molecular formula is C15H24IN2O-. The molecule has 1 saturated carbocycles. The van der Waals surface area contributed by atoms with E-state index < -0.39 is 0 Å². The molecule has 0 saturated heterocycles. The molecule has 2 rings (SSSR count). The molecule has 1 atom stereocenters. The van der Waals surface area contributed by atoms with E-state index in [0.29, 0.717) is 5.75 Å². The van der Waals surface area contributed by atoms with Gasteiger partial charge in [-0.05, 0) is 0 Å². The van der Waals surface area contributed by atoms with E-state index in [-0.39, 0.29) is 27.5 Å². The molecule has 0 heterocycles. The van der Waals surface area contributed by atoms with Gasteiger partial charge in [-0.25, -0.2) is 0 Å². The van der Waals surface area contributed by atoms with Crippen molar-refractivity contribution in [3.63, 3.8) is 0 Å². The minimum absolute atomic E-state index is 0.119. The standard InChI is InChI=1S/C15H24IN2O/c17-14(10-12-6-8-15(19)9-7-12)11-18-16-13-4-2-1-3-5-13/h6-9,13-14,18-19H,1-5,10-11,17H2/q-1/t14-/m0/s1. The van der Waals surface area contributed by atoms with E-state index in [1.807, 2.05) is 12.1 Å². The summed E-state index contributed by atoms with van der Waals surface area (Å²) >= 11 is 0.119. The summed E-state index contributed by atoms with van der Waals surface area (Å²) in [5.41, 5.74) is 7.35. The SMILES string of the molecule is N[C@H](CN[I-]C1CCCCC1)Cc1ccc(O)cc1. The third-order valence-corrected chi connectivity index (χ3v) is 6.55. The molecule has 1 aromatic rings. The Hall–Kier alpha value is -0.330. The first kappa shape index (κ1) is 15.1. The fourth-order valence-electron chi connectivity index (χ4n) is 2.42. The molecule has 0 amide bonds. The molecule has 0 unspecified atom stereocenters. The summed E-state index contributed by atoms with van der Waals surface area (Å²) in [7, 11) is 0. The fraction of sp³-hybridized carbons (Fsp3) is 0.600. The number of aromatic hydroxyl groups is 1. The Morgan fingerprint density at radius 2 is 1.89 bits per heavy atom. The number of nitrogens with two attached hydrogens (primary N) is 1. The van der Waals surface area contributed by atoms with Crippen LogP contribution in [0.2, 0.25) is 0 Å². The third-order valence-electron chi connectivity index (χ3n) is 3.54. The Morgan fingerprint density at radius 1 is 1.21 bits per heavy atom. The summed E-state index contributed by atoms with van der Waals surface area (Å²) in [6.07, 6.45) is 8.00. The van der Waals surface area contributed by atoms with Gasteiger partial charge in [0.15, 0.2) is 0 Å². The van der Waals surface area contributed by atoms with Crippen LogP contribution in [0.4, 0.5) is 0 Å². The van der Waals surface area contributed by atoms with Crippen molar-refractivity contribution in [1.82, 2.24) is 3.53 Å². The molecule has 108 valence electrons. The van der Waals surface area contributed by atoms with Crippen LogP contribution >= 0.6 is 0 Å². The monoisotopic (exact) mass is 375 g/mol. The topological polar surface area (TPSA) is 58.3 Å². The summed E-state index contributed by atoms with van der Waals surface area (Å²) in [6.45, 7) is 0.921. The quantitative estimate of drug-likeness (QED) is 0.346. The van der Waals surface area contributed by atoms with Crippen molar-refractivity contribution in [2.45, 2.75) is 48.5 Å². The van der Waals surface area contributed by atoms with E-state index in [1.54, 1.807) is 12.1 Å². The van der Waals surface area contributed by atoms with Crippen LogP contribution in [-0.2, 0) is 6.42 Å². The van der Waals surface area contributed by atoms with Gasteiger partial charge in [-0.15, -0.1) is 0 Å². The zero-order chi connectivity index (χ0) is 13.5. The zero-order valence-corrected chi connectivity index (χ0v) is 13.5. The van der Waals surface area contributed by atoms with Crippen LogP contribution in [0.1, 0.15) is 37.7 Å². The summed E-state index contributed by atoms with van der Waals surface area (Å²) in [5, 5.41) is 9.24. The second-order valence-corrected chi connectivity index (χ2v) is 8.46. The van der Waals surface area contributed by atoms with Gasteiger partial charge in [0.2, 0.25) is 0 Å². The first-order valence-electron chi connectivity index (χ1n) is 7.13. The molecule has 1 aromatic carbocycles. The summed E-state index contributed by atoms with van der Waals surface area (Å²) in [5.74, 6) is 0.318. The predicted octanol–water partition coefficient (Wildman–Crippen LogP) is -0.812. The summed E-state index contributed by atoms with van der Waals surface area (Å²) in [6, 6.07) is 7.53. The molecule has 1 fully saturated rings. The van der Waals surface area contributed by atoms with Gasteiger partial charge in [0.25, 0.3) is 0 Å². The molecule has 0 radical (unpaired) electrons. The Bertz CT molecular complexity index is 363. The van der Waals surface area contributed by atoms with Gasteiger partial charge < -0.3 is 0 Å². The van der Waals surface area contributed by atoms with Crippen molar-refractivity contribution in [3.05, 3.63) is 29.8 Å². The van der Waals surface area contributed by atoms with E-state index in [0.717, 1.165) is 16.9 Å². The summed E-state index contributed by atoms with van der Waals surface area (Å²) < 4.78 is 4.59. The molecular weight excluding hydrogens is 351 g/mol. The van der Waals surface area contributed by atoms with Gasteiger partial charge >= 0.3 is 126 Å². The Balaban J connectivity index is 1.63. The van der Waals surface area contributed by atoms with Crippen molar-refractivity contribution >= 4 is 0 Å². The molecule has 0 bridgehead atoms. The summed E-state index contributed by atoms with van der Waals surface area (Å²) in [4.78, 5) is 0. The Labute approximate surface area is 126 Å². The fourth-order valence-corrected chi connectivity index (χ4v) is 5.37. The van der Waals surface area contributed by atoms with E-state index in [9.17, 15) is 5.11 Å². The van der Waals surface area contributed by atoms with E-state index in [4.69, 9.17) is 5.73 Å². The second kappa shape index (κ2) is 8.07. The van der Waals surface area contributed by atoms with Crippen molar-refractivity contribution in [2.75, 3.05) is 6.54 Å². The average Bonchev–Trinajstić information content (AvgIpc) is 2.43. The van der Waals surface area contributed by atoms with Crippen LogP contribution < -0.4 is 30.7 Å². The zero-order valence-electron chi connectivity index (χ0n) is 11.3. The number of halogens is 1. The maximum absolute atomic E-state index is 9.24. The number of rotatable bonds is 6. The Morgan fingerprint density at radius 3 is 2.58 bits per heavy atom. The van der Waals surface area contributed by atoms with Crippen molar-refractivity contribution in [1.29, 1.82) is 0 Å². The number of hydrogen-bond acceptors (Lipinski definition) is 3. The van der Waals surface area contributed by atoms with Crippen LogP contribution in [-0.4, -0.2) is 21.6 Å². The number of benzene rings is 1. The van der Waals surface area contributed by atoms with E-state index in [2.05, 4.69) is 3.53 Å². The first-order valence-corrected chi connectivity index (χ1v) is 9.45. The van der Waals surface area contributed by atoms with Crippen LogP contribution in [0.5, 0.6) is 5.75 Å². The number of nitrogens with one attached hydrogen (secondary N) is 1. The molecule has 0 spiro atoms. The number of hydrogen-bond donors (Lipinski definition) is 3. The van der Waals surface area contributed by atoms with Crippen LogP contribution in [0.15, 0.2) is 24.3 Å². The van der Waals surface area contributed by atoms with Crippen molar-refractivity contribution in [2.24, 2.45) is 5.73 Å². The molecule has 1 aliphatic carbocycles. The van der Waals surface area contributed by atoms with Gasteiger partial charge in [-0.3, -0.25) is 0 Å². The molecule has 0 aliphatic heterocycles. The third kappa shape index (κ3) is 5.67. The van der Waals surface area contributed by atoms with Gasteiger partial charge in [-0.1, -0.05) is 0 Å². The molecule has 0 aromatic heterocycles. The minimum atomic E-state index is 0.119. The van der Waals surface area contributed by atoms with Crippen LogP contribution in [0, 0.1) is 0 Å².